The van der Waals surface area contributed by atoms with Crippen LogP contribution in [-0.4, -0.2) is 26.8 Å². The van der Waals surface area contributed by atoms with Gasteiger partial charge < -0.3 is 4.74 Å². The van der Waals surface area contributed by atoms with Gasteiger partial charge in [0.2, 0.25) is 4.77 Å². The zero-order chi connectivity index (χ0) is 10.3. The molecule has 0 aliphatic carbocycles. The fourth-order valence-corrected chi connectivity index (χ4v) is 1.98. The second-order valence-corrected chi connectivity index (χ2v) is 3.68. The predicted octanol–water partition coefficient (Wildman–Crippen LogP) is 1.32. The second kappa shape index (κ2) is 3.16. The molecule has 1 aliphatic heterocycles. The number of rotatable bonds is 1. The van der Waals surface area contributed by atoms with Gasteiger partial charge in [-0.15, -0.1) is 0 Å². The van der Waals surface area contributed by atoms with Crippen molar-refractivity contribution in [1.82, 2.24) is 20.2 Å². The molecule has 1 aromatic heterocycles. The number of hydrogen-bond donors (Lipinski definition) is 1. The largest absolute Gasteiger partial charge is 0.491 e. The van der Waals surface area contributed by atoms with E-state index in [1.165, 1.54) is 0 Å². The van der Waals surface area contributed by atoms with Crippen LogP contribution in [0.25, 0.3) is 0 Å². The Bertz CT molecular complexity index is 547. The van der Waals surface area contributed by atoms with Crippen molar-refractivity contribution in [1.29, 1.82) is 0 Å². The first-order valence-corrected chi connectivity index (χ1v) is 4.98. The van der Waals surface area contributed by atoms with Crippen LogP contribution in [0.5, 0.6) is 5.75 Å². The maximum atomic E-state index is 5.55. The van der Waals surface area contributed by atoms with Gasteiger partial charge in [-0.3, -0.25) is 0 Å². The normalized spacial score (nSPS) is 18.5. The Kier molecular flexibility index (Phi) is 1.81. The minimum Gasteiger partial charge on any atom is -0.491 e. The van der Waals surface area contributed by atoms with E-state index in [2.05, 4.69) is 15.5 Å². The van der Waals surface area contributed by atoms with E-state index in [0.717, 1.165) is 11.3 Å². The summed E-state index contributed by atoms with van der Waals surface area (Å²) in [7, 11) is 0. The minimum atomic E-state index is 0.0590. The summed E-state index contributed by atoms with van der Waals surface area (Å²) in [5.41, 5.74) is 1.11. The molecule has 6 heteroatoms. The molecule has 0 spiro atoms. The number of benzene rings is 1. The summed E-state index contributed by atoms with van der Waals surface area (Å²) in [6, 6.07) is 7.96. The lowest BCUT2D eigenvalue weighted by molar-refractivity contribution is 0.305. The molecule has 1 aromatic carbocycles. The Hall–Kier alpha value is -1.69. The molecule has 0 fully saturated rings. The van der Waals surface area contributed by atoms with E-state index in [0.29, 0.717) is 11.4 Å². The Morgan fingerprint density at radius 3 is 3.13 bits per heavy atom. The Labute approximate surface area is 90.7 Å². The number of hydrogen-bond acceptors (Lipinski definition) is 4. The van der Waals surface area contributed by atoms with Crippen molar-refractivity contribution in [3.05, 3.63) is 34.6 Å². The van der Waals surface area contributed by atoms with Crippen LogP contribution in [0.3, 0.4) is 0 Å². The van der Waals surface area contributed by atoms with Gasteiger partial charge in [-0.2, -0.15) is 5.21 Å². The third kappa shape index (κ3) is 1.25. The van der Waals surface area contributed by atoms with Crippen LogP contribution < -0.4 is 4.74 Å². The molecule has 0 radical (unpaired) electrons. The molecule has 2 heterocycles. The van der Waals surface area contributed by atoms with Crippen molar-refractivity contribution in [3.8, 4) is 5.75 Å². The molecular weight excluding hydrogens is 212 g/mol. The zero-order valence-corrected chi connectivity index (χ0v) is 8.57. The standard InChI is InChI=1S/C9H8N4OS/c15-9-10-11-12-13(9)7-5-14-8-4-2-1-3-6(7)8/h1-4,7H,5H2,(H,10,12,15). The molecule has 1 aliphatic rings. The van der Waals surface area contributed by atoms with Gasteiger partial charge in [-0.1, -0.05) is 28.5 Å². The highest BCUT2D eigenvalue weighted by Gasteiger charge is 2.26. The Morgan fingerprint density at radius 1 is 1.47 bits per heavy atom. The number of nitrogens with zero attached hydrogens (tertiary/aromatic N) is 3. The lowest BCUT2D eigenvalue weighted by Gasteiger charge is -2.07. The molecule has 2 aromatic rings. The third-order valence-corrected chi connectivity index (χ3v) is 2.76. The molecule has 5 nitrogen and oxygen atoms in total. The summed E-state index contributed by atoms with van der Waals surface area (Å²) < 4.78 is 7.73. The number of para-hydroxylation sites is 1. The highest BCUT2D eigenvalue weighted by atomic mass is 32.1. The van der Waals surface area contributed by atoms with Crippen molar-refractivity contribution in [3.63, 3.8) is 0 Å². The Balaban J connectivity index is 2.12. The number of tetrazole rings is 1. The lowest BCUT2D eigenvalue weighted by atomic mass is 10.1. The van der Waals surface area contributed by atoms with Crippen LogP contribution in [-0.2, 0) is 0 Å². The number of H-pyrrole nitrogens is 1. The van der Waals surface area contributed by atoms with E-state index in [4.69, 9.17) is 17.0 Å². The molecular formula is C9H8N4OS. The zero-order valence-electron chi connectivity index (χ0n) is 7.75. The second-order valence-electron chi connectivity index (χ2n) is 3.32. The fraction of sp³-hybridized carbons (Fsp3) is 0.222. The predicted molar refractivity (Wildman–Crippen MR) is 55.3 cm³/mol. The molecule has 0 saturated heterocycles. The van der Waals surface area contributed by atoms with Gasteiger partial charge in [0.1, 0.15) is 18.4 Å². The first-order valence-electron chi connectivity index (χ1n) is 4.57. The van der Waals surface area contributed by atoms with Crippen LogP contribution in [0, 0.1) is 4.77 Å². The topological polar surface area (TPSA) is 55.7 Å². The van der Waals surface area contributed by atoms with Crippen LogP contribution in [0.4, 0.5) is 0 Å². The third-order valence-electron chi connectivity index (χ3n) is 2.48. The number of nitrogens with one attached hydrogen (secondary N) is 1. The molecule has 0 amide bonds. The van der Waals surface area contributed by atoms with Crippen molar-refractivity contribution >= 4 is 12.2 Å². The average molecular weight is 220 g/mol. The van der Waals surface area contributed by atoms with Gasteiger partial charge in [0, 0.05) is 5.56 Å². The molecule has 0 saturated carbocycles. The Morgan fingerprint density at radius 2 is 2.33 bits per heavy atom. The summed E-state index contributed by atoms with van der Waals surface area (Å²) in [6.07, 6.45) is 0. The van der Waals surface area contributed by atoms with Crippen LogP contribution >= 0.6 is 12.2 Å². The van der Waals surface area contributed by atoms with E-state index in [-0.39, 0.29) is 6.04 Å². The van der Waals surface area contributed by atoms with Gasteiger partial charge in [0.05, 0.1) is 0 Å². The number of aromatic nitrogens is 4. The quantitative estimate of drug-likeness (QED) is 0.736. The van der Waals surface area contributed by atoms with E-state index in [1.54, 1.807) is 4.68 Å². The maximum Gasteiger partial charge on any atom is 0.238 e. The van der Waals surface area contributed by atoms with Gasteiger partial charge in [-0.05, 0) is 18.3 Å². The van der Waals surface area contributed by atoms with E-state index < -0.39 is 0 Å². The lowest BCUT2D eigenvalue weighted by Crippen LogP contribution is -2.13. The molecule has 1 N–H and O–H groups in total. The smallest absolute Gasteiger partial charge is 0.238 e. The fourth-order valence-electron chi connectivity index (χ4n) is 1.77. The molecule has 1 unspecified atom stereocenters. The monoisotopic (exact) mass is 220 g/mol. The summed E-state index contributed by atoms with van der Waals surface area (Å²) in [5.74, 6) is 0.902. The molecule has 1 atom stereocenters. The molecule has 3 rings (SSSR count). The maximum absolute atomic E-state index is 5.55. The first-order chi connectivity index (χ1) is 7.36. The van der Waals surface area contributed by atoms with Gasteiger partial charge in [0.25, 0.3) is 0 Å². The van der Waals surface area contributed by atoms with E-state index >= 15 is 0 Å². The number of ether oxygens (including phenoxy) is 1. The van der Waals surface area contributed by atoms with Crippen molar-refractivity contribution < 1.29 is 4.74 Å². The average Bonchev–Trinajstić information content (AvgIpc) is 2.83. The summed E-state index contributed by atoms with van der Waals surface area (Å²) >= 11 is 5.05. The van der Waals surface area contributed by atoms with Crippen molar-refractivity contribution in [2.75, 3.05) is 6.61 Å². The number of aromatic amines is 1. The first kappa shape index (κ1) is 8.60. The molecule has 15 heavy (non-hydrogen) atoms. The van der Waals surface area contributed by atoms with Gasteiger partial charge in [-0.25, -0.2) is 4.68 Å². The van der Waals surface area contributed by atoms with E-state index in [1.807, 2.05) is 24.3 Å². The highest BCUT2D eigenvalue weighted by molar-refractivity contribution is 7.71. The van der Waals surface area contributed by atoms with Crippen LogP contribution in [0.15, 0.2) is 24.3 Å². The summed E-state index contributed by atoms with van der Waals surface area (Å²) in [5, 5.41) is 10.2. The van der Waals surface area contributed by atoms with Crippen LogP contribution in [0.2, 0.25) is 0 Å². The van der Waals surface area contributed by atoms with E-state index in [9.17, 15) is 0 Å². The van der Waals surface area contributed by atoms with Gasteiger partial charge >= 0.3 is 0 Å². The summed E-state index contributed by atoms with van der Waals surface area (Å²) in [6.45, 7) is 0.567. The van der Waals surface area contributed by atoms with Crippen molar-refractivity contribution in [2.24, 2.45) is 0 Å². The molecule has 76 valence electrons. The summed E-state index contributed by atoms with van der Waals surface area (Å²) in [4.78, 5) is 0. The molecule has 0 bridgehead atoms. The van der Waals surface area contributed by atoms with Gasteiger partial charge in [0.15, 0.2) is 0 Å². The SMILES string of the molecule is S=c1nn[nH]n1C1COc2ccccc21. The van der Waals surface area contributed by atoms with Crippen molar-refractivity contribution in [2.45, 2.75) is 6.04 Å². The number of fused-ring (bicyclic) bond motifs is 1. The highest BCUT2D eigenvalue weighted by Crippen LogP contribution is 2.33. The minimum absolute atomic E-state index is 0.0590. The van der Waals surface area contributed by atoms with Crippen LogP contribution in [0.1, 0.15) is 11.6 Å².